The second-order valence-electron chi connectivity index (χ2n) is 8.70. The zero-order valence-corrected chi connectivity index (χ0v) is 18.0. The summed E-state index contributed by atoms with van der Waals surface area (Å²) in [6.07, 6.45) is 7.62. The highest BCUT2D eigenvalue weighted by atomic mass is 16.5. The van der Waals surface area contributed by atoms with Crippen molar-refractivity contribution in [3.8, 4) is 11.4 Å². The zero-order valence-electron chi connectivity index (χ0n) is 18.0. The van der Waals surface area contributed by atoms with Crippen molar-refractivity contribution in [2.45, 2.75) is 44.2 Å². The van der Waals surface area contributed by atoms with E-state index in [-0.39, 0.29) is 12.0 Å². The first kappa shape index (κ1) is 20.9. The van der Waals surface area contributed by atoms with Crippen molar-refractivity contribution in [2.75, 3.05) is 34.3 Å². The molecule has 0 N–H and O–H groups in total. The fourth-order valence-corrected chi connectivity index (χ4v) is 4.91. The maximum atomic E-state index is 12.8. The highest BCUT2D eigenvalue weighted by molar-refractivity contribution is 5.76. The largest absolute Gasteiger partial charge is 0.380 e. The lowest BCUT2D eigenvalue weighted by atomic mass is 9.77. The molecule has 0 radical (unpaired) electrons. The SMILES string of the molecule is CO[C@@H]1C[C@H]2CN(C(=O)CCCc3nc(-c4cccnc4)no3)C[C@H]2C[C@H]1N(C)C. The Hall–Kier alpha value is -2.32. The number of nitrogens with zero attached hydrogens (tertiary/aromatic N) is 5. The van der Waals surface area contributed by atoms with Crippen molar-refractivity contribution in [2.24, 2.45) is 11.8 Å². The third-order valence-corrected chi connectivity index (χ3v) is 6.57. The van der Waals surface area contributed by atoms with E-state index >= 15 is 0 Å². The number of aryl methyl sites for hydroxylation is 1. The predicted octanol–water partition coefficient (Wildman–Crippen LogP) is 2.27. The Morgan fingerprint density at radius 3 is 2.80 bits per heavy atom. The number of fused-ring (bicyclic) bond motifs is 1. The molecule has 3 heterocycles. The van der Waals surface area contributed by atoms with Gasteiger partial charge in [0.2, 0.25) is 17.6 Å². The Morgan fingerprint density at radius 2 is 2.10 bits per heavy atom. The number of aromatic nitrogens is 3. The van der Waals surface area contributed by atoms with Gasteiger partial charge in [-0.25, -0.2) is 0 Å². The summed E-state index contributed by atoms with van der Waals surface area (Å²) in [6.45, 7) is 1.73. The molecule has 2 aromatic rings. The molecule has 8 nitrogen and oxygen atoms in total. The topological polar surface area (TPSA) is 84.6 Å². The Bertz CT molecular complexity index is 840. The molecule has 0 bridgehead atoms. The molecule has 2 aliphatic rings. The molecule has 4 rings (SSSR count). The number of hydrogen-bond acceptors (Lipinski definition) is 7. The zero-order chi connectivity index (χ0) is 21.1. The molecule has 1 aliphatic heterocycles. The normalized spacial score (nSPS) is 26.2. The van der Waals surface area contributed by atoms with Crippen LogP contribution in [-0.2, 0) is 16.0 Å². The average molecular weight is 414 g/mol. The van der Waals surface area contributed by atoms with E-state index in [1.54, 1.807) is 19.5 Å². The van der Waals surface area contributed by atoms with E-state index < -0.39 is 0 Å². The number of carbonyl (C=O) groups is 1. The number of amides is 1. The van der Waals surface area contributed by atoms with Gasteiger partial charge in [0, 0.05) is 57.0 Å². The second kappa shape index (κ2) is 9.22. The average Bonchev–Trinajstić information content (AvgIpc) is 3.40. The van der Waals surface area contributed by atoms with Gasteiger partial charge in [0.15, 0.2) is 0 Å². The van der Waals surface area contributed by atoms with E-state index in [0.717, 1.165) is 31.5 Å². The van der Waals surface area contributed by atoms with Gasteiger partial charge < -0.3 is 19.1 Å². The van der Waals surface area contributed by atoms with Crippen LogP contribution in [0.5, 0.6) is 0 Å². The van der Waals surface area contributed by atoms with Crippen molar-refractivity contribution < 1.29 is 14.1 Å². The number of pyridine rings is 1. The fourth-order valence-electron chi connectivity index (χ4n) is 4.91. The fraction of sp³-hybridized carbons (Fsp3) is 0.636. The molecular weight excluding hydrogens is 382 g/mol. The van der Waals surface area contributed by atoms with Crippen LogP contribution < -0.4 is 0 Å². The summed E-state index contributed by atoms with van der Waals surface area (Å²) in [5.74, 6) is 2.45. The lowest BCUT2D eigenvalue weighted by Crippen LogP contribution is -2.47. The Labute approximate surface area is 177 Å². The molecule has 162 valence electrons. The Morgan fingerprint density at radius 1 is 1.30 bits per heavy atom. The highest BCUT2D eigenvalue weighted by Crippen LogP contribution is 2.39. The van der Waals surface area contributed by atoms with E-state index in [4.69, 9.17) is 9.26 Å². The lowest BCUT2D eigenvalue weighted by Gasteiger charge is -2.40. The number of ether oxygens (including phenoxy) is 1. The number of methoxy groups -OCH3 is 1. The summed E-state index contributed by atoms with van der Waals surface area (Å²) >= 11 is 0. The van der Waals surface area contributed by atoms with Gasteiger partial charge >= 0.3 is 0 Å². The first-order valence-electron chi connectivity index (χ1n) is 10.7. The minimum Gasteiger partial charge on any atom is -0.380 e. The monoisotopic (exact) mass is 413 g/mol. The Balaban J connectivity index is 1.26. The molecule has 1 amide bonds. The summed E-state index contributed by atoms with van der Waals surface area (Å²) in [5.41, 5.74) is 0.827. The van der Waals surface area contributed by atoms with Crippen LogP contribution in [0, 0.1) is 11.8 Å². The maximum Gasteiger partial charge on any atom is 0.226 e. The number of likely N-dealkylation sites (N-methyl/N-ethyl adjacent to an activating group) is 1. The summed E-state index contributed by atoms with van der Waals surface area (Å²) in [7, 11) is 6.04. The second-order valence-corrected chi connectivity index (χ2v) is 8.70. The van der Waals surface area contributed by atoms with Gasteiger partial charge in [-0.05, 0) is 57.3 Å². The van der Waals surface area contributed by atoms with Crippen LogP contribution in [0.15, 0.2) is 29.0 Å². The molecule has 30 heavy (non-hydrogen) atoms. The first-order valence-corrected chi connectivity index (χ1v) is 10.7. The van der Waals surface area contributed by atoms with Crippen LogP contribution in [0.4, 0.5) is 0 Å². The van der Waals surface area contributed by atoms with E-state index in [9.17, 15) is 4.79 Å². The summed E-state index contributed by atoms with van der Waals surface area (Å²) < 4.78 is 11.1. The van der Waals surface area contributed by atoms with Crippen LogP contribution in [0.1, 0.15) is 31.6 Å². The number of rotatable bonds is 7. The smallest absolute Gasteiger partial charge is 0.226 e. The molecular formula is C22H31N5O3. The van der Waals surface area contributed by atoms with E-state index in [2.05, 4.69) is 39.0 Å². The molecule has 2 aromatic heterocycles. The molecule has 1 saturated carbocycles. The third kappa shape index (κ3) is 4.54. The minimum absolute atomic E-state index is 0.228. The van der Waals surface area contributed by atoms with Crippen LogP contribution in [0.2, 0.25) is 0 Å². The summed E-state index contributed by atoms with van der Waals surface area (Å²) in [5, 5.41) is 4.01. The van der Waals surface area contributed by atoms with Crippen LogP contribution >= 0.6 is 0 Å². The van der Waals surface area contributed by atoms with Gasteiger partial charge in [0.25, 0.3) is 0 Å². The molecule has 4 atom stereocenters. The van der Waals surface area contributed by atoms with Crippen molar-refractivity contribution in [1.29, 1.82) is 0 Å². The van der Waals surface area contributed by atoms with E-state index in [0.29, 0.717) is 48.9 Å². The van der Waals surface area contributed by atoms with E-state index in [1.165, 1.54) is 0 Å². The molecule has 0 spiro atoms. The van der Waals surface area contributed by atoms with Crippen LogP contribution in [0.3, 0.4) is 0 Å². The van der Waals surface area contributed by atoms with Gasteiger partial charge in [-0.2, -0.15) is 4.98 Å². The highest BCUT2D eigenvalue weighted by Gasteiger charge is 2.44. The van der Waals surface area contributed by atoms with E-state index in [1.807, 2.05) is 12.1 Å². The number of likely N-dealkylation sites (tertiary alicyclic amines) is 1. The molecule has 1 aliphatic carbocycles. The van der Waals surface area contributed by atoms with Crippen LogP contribution in [-0.4, -0.2) is 77.3 Å². The maximum absolute atomic E-state index is 12.8. The Kier molecular flexibility index (Phi) is 6.43. The van der Waals surface area contributed by atoms with Gasteiger partial charge in [0.1, 0.15) is 0 Å². The first-order chi connectivity index (χ1) is 14.5. The van der Waals surface area contributed by atoms with Crippen molar-refractivity contribution in [1.82, 2.24) is 24.9 Å². The van der Waals surface area contributed by atoms with Gasteiger partial charge in [-0.1, -0.05) is 5.16 Å². The quantitative estimate of drug-likeness (QED) is 0.688. The number of carbonyl (C=O) groups excluding carboxylic acids is 1. The molecule has 1 saturated heterocycles. The third-order valence-electron chi connectivity index (χ3n) is 6.57. The summed E-state index contributed by atoms with van der Waals surface area (Å²) in [4.78, 5) is 25.6. The molecule has 2 fully saturated rings. The molecule has 0 unspecified atom stereocenters. The summed E-state index contributed by atoms with van der Waals surface area (Å²) in [6, 6.07) is 4.16. The number of hydrogen-bond donors (Lipinski definition) is 0. The molecule has 8 heteroatoms. The standard InChI is InChI=1S/C22H31N5O3/c1-26(2)18-10-16-13-27(14-17(16)11-19(18)29-3)21(28)8-4-7-20-24-22(25-30-20)15-6-5-9-23-12-15/h5-6,9,12,16-19H,4,7-8,10-11,13-14H2,1-3H3/t16-,17+,18-,19-/m1/s1. The van der Waals surface area contributed by atoms with Crippen molar-refractivity contribution >= 4 is 5.91 Å². The lowest BCUT2D eigenvalue weighted by molar-refractivity contribution is -0.130. The van der Waals surface area contributed by atoms with Gasteiger partial charge in [-0.15, -0.1) is 0 Å². The van der Waals surface area contributed by atoms with Gasteiger partial charge in [0.05, 0.1) is 6.10 Å². The van der Waals surface area contributed by atoms with Crippen molar-refractivity contribution in [3.63, 3.8) is 0 Å². The van der Waals surface area contributed by atoms with Crippen LogP contribution in [0.25, 0.3) is 11.4 Å². The minimum atomic E-state index is 0.228. The molecule has 0 aromatic carbocycles. The predicted molar refractivity (Wildman–Crippen MR) is 112 cm³/mol. The van der Waals surface area contributed by atoms with Crippen molar-refractivity contribution in [3.05, 3.63) is 30.4 Å². The van der Waals surface area contributed by atoms with Gasteiger partial charge in [-0.3, -0.25) is 9.78 Å².